The van der Waals surface area contributed by atoms with Crippen LogP contribution in [-0.2, 0) is 0 Å². The Morgan fingerprint density at radius 1 is 1.71 bits per heavy atom. The van der Waals surface area contributed by atoms with Gasteiger partial charge in [-0.05, 0) is 12.8 Å². The summed E-state index contributed by atoms with van der Waals surface area (Å²) in [5.74, 6) is 0.429. The Labute approximate surface area is 88.7 Å². The van der Waals surface area contributed by atoms with E-state index in [1.807, 2.05) is 0 Å². The molecule has 0 bridgehead atoms. The van der Waals surface area contributed by atoms with Crippen molar-refractivity contribution in [3.8, 4) is 6.19 Å². The topological polar surface area (TPSA) is 56.1 Å². The molecule has 5 heteroatoms. The van der Waals surface area contributed by atoms with Crippen molar-refractivity contribution in [2.24, 2.45) is 5.92 Å². The number of nitrogens with zero attached hydrogens (tertiary/aromatic N) is 2. The van der Waals surface area contributed by atoms with Gasteiger partial charge in [0.25, 0.3) is 5.24 Å². The monoisotopic (exact) mass is 211 g/mol. The van der Waals surface area contributed by atoms with Gasteiger partial charge >= 0.3 is 0 Å². The molecule has 1 saturated heterocycles. The molecule has 2 unspecified atom stereocenters. The van der Waals surface area contributed by atoms with Gasteiger partial charge in [-0.15, -0.1) is 0 Å². The lowest BCUT2D eigenvalue weighted by molar-refractivity contribution is 0.240. The summed E-state index contributed by atoms with van der Waals surface area (Å²) < 4.78 is 0. The van der Waals surface area contributed by atoms with E-state index in [4.69, 9.17) is 5.26 Å². The molecule has 0 spiro atoms. The first kappa shape index (κ1) is 9.66. The molecule has 0 radical (unpaired) electrons. The number of thiol groups is 1. The summed E-state index contributed by atoms with van der Waals surface area (Å²) in [5.41, 5.74) is -0.172. The Bertz CT molecular complexity index is 301. The summed E-state index contributed by atoms with van der Waals surface area (Å²) in [5, 5.41) is 11.4. The number of hydrogen-bond donors (Lipinski definition) is 2. The molecule has 2 rings (SSSR count). The second kappa shape index (κ2) is 3.35. The highest BCUT2D eigenvalue weighted by atomic mass is 32.1. The number of fused-ring (bicyclic) bond motifs is 1. The average Bonchev–Trinajstić information content (AvgIpc) is 2.58. The predicted octanol–water partition coefficient (Wildman–Crippen LogP) is 0.961. The van der Waals surface area contributed by atoms with Crippen molar-refractivity contribution in [2.75, 3.05) is 13.1 Å². The van der Waals surface area contributed by atoms with E-state index in [1.54, 1.807) is 4.90 Å². The molecule has 1 heterocycles. The van der Waals surface area contributed by atoms with Crippen molar-refractivity contribution in [1.29, 1.82) is 5.26 Å². The number of rotatable bonds is 1. The molecular formula is C9H13N3OS. The molecule has 2 atom stereocenters. The van der Waals surface area contributed by atoms with E-state index >= 15 is 0 Å². The van der Waals surface area contributed by atoms with Gasteiger partial charge in [-0.2, -0.15) is 5.26 Å². The molecule has 2 fully saturated rings. The molecule has 1 amide bonds. The van der Waals surface area contributed by atoms with E-state index in [2.05, 4.69) is 24.1 Å². The number of carbonyl (C=O) groups excluding carboxylic acids is 1. The Hall–Kier alpha value is -0.890. The van der Waals surface area contributed by atoms with Crippen LogP contribution in [0.5, 0.6) is 0 Å². The third-order valence-electron chi connectivity index (χ3n) is 3.37. The molecule has 2 aliphatic rings. The number of hydrogen-bond acceptors (Lipinski definition) is 3. The van der Waals surface area contributed by atoms with Crippen LogP contribution in [0, 0.1) is 17.4 Å². The van der Waals surface area contributed by atoms with Gasteiger partial charge in [-0.3, -0.25) is 4.79 Å². The SMILES string of the molecule is N#CN1CC2CCCC2(NC(=O)S)C1. The lowest BCUT2D eigenvalue weighted by atomic mass is 9.91. The molecule has 1 N–H and O–H groups in total. The molecule has 4 nitrogen and oxygen atoms in total. The van der Waals surface area contributed by atoms with E-state index in [0.717, 1.165) is 25.8 Å². The number of nitrogens with one attached hydrogen (secondary N) is 1. The zero-order chi connectivity index (χ0) is 10.2. The number of carbonyl (C=O) groups is 1. The van der Waals surface area contributed by atoms with Crippen LogP contribution in [0.1, 0.15) is 19.3 Å². The lowest BCUT2D eigenvalue weighted by Crippen LogP contribution is -2.50. The maximum absolute atomic E-state index is 11.0. The normalized spacial score (nSPS) is 35.1. The zero-order valence-corrected chi connectivity index (χ0v) is 8.76. The third-order valence-corrected chi connectivity index (χ3v) is 3.48. The van der Waals surface area contributed by atoms with Crippen molar-refractivity contribution < 1.29 is 4.79 Å². The number of amides is 1. The van der Waals surface area contributed by atoms with Gasteiger partial charge in [0.2, 0.25) is 0 Å². The summed E-state index contributed by atoms with van der Waals surface area (Å²) in [6.45, 7) is 1.44. The summed E-state index contributed by atoms with van der Waals surface area (Å²) in [4.78, 5) is 12.7. The molecule has 0 aromatic carbocycles. The summed E-state index contributed by atoms with van der Waals surface area (Å²) in [6, 6.07) is 0. The second-order valence-corrected chi connectivity index (χ2v) is 4.56. The quantitative estimate of drug-likeness (QED) is 0.502. The molecule has 0 aromatic rings. The Balaban J connectivity index is 2.15. The highest BCUT2D eigenvalue weighted by Gasteiger charge is 2.50. The average molecular weight is 211 g/mol. The van der Waals surface area contributed by atoms with Crippen LogP contribution in [0.2, 0.25) is 0 Å². The number of likely N-dealkylation sites (tertiary alicyclic amines) is 1. The maximum Gasteiger partial charge on any atom is 0.276 e. The molecule has 0 aromatic heterocycles. The maximum atomic E-state index is 11.0. The van der Waals surface area contributed by atoms with Gasteiger partial charge in [0.1, 0.15) is 0 Å². The van der Waals surface area contributed by atoms with Crippen LogP contribution in [-0.4, -0.2) is 28.8 Å². The second-order valence-electron chi connectivity index (χ2n) is 4.16. The van der Waals surface area contributed by atoms with E-state index in [-0.39, 0.29) is 10.8 Å². The van der Waals surface area contributed by atoms with Gasteiger partial charge in [0, 0.05) is 12.5 Å². The Morgan fingerprint density at radius 3 is 3.14 bits per heavy atom. The van der Waals surface area contributed by atoms with Crippen LogP contribution in [0.4, 0.5) is 4.79 Å². The lowest BCUT2D eigenvalue weighted by Gasteiger charge is -2.28. The van der Waals surface area contributed by atoms with E-state index < -0.39 is 0 Å². The zero-order valence-electron chi connectivity index (χ0n) is 7.86. The standard InChI is InChI=1S/C9H13N3OS/c10-6-12-4-7-2-1-3-9(7,5-12)11-8(13)14/h7H,1-5H2,(H2,11,13,14). The predicted molar refractivity (Wildman–Crippen MR) is 54.8 cm³/mol. The molecule has 1 aliphatic carbocycles. The summed E-state index contributed by atoms with van der Waals surface area (Å²) >= 11 is 3.76. The fourth-order valence-electron chi connectivity index (χ4n) is 2.78. The van der Waals surface area contributed by atoms with Gasteiger partial charge in [0.05, 0.1) is 12.1 Å². The van der Waals surface area contributed by atoms with Crippen LogP contribution in [0.3, 0.4) is 0 Å². The van der Waals surface area contributed by atoms with Crippen molar-refractivity contribution in [3.05, 3.63) is 0 Å². The largest absolute Gasteiger partial charge is 0.340 e. The summed E-state index contributed by atoms with van der Waals surface area (Å²) in [6.07, 6.45) is 5.36. The Kier molecular flexibility index (Phi) is 2.31. The fourth-order valence-corrected chi connectivity index (χ4v) is 3.01. The fraction of sp³-hybridized carbons (Fsp3) is 0.778. The Morgan fingerprint density at radius 2 is 2.50 bits per heavy atom. The van der Waals surface area contributed by atoms with E-state index in [9.17, 15) is 4.79 Å². The van der Waals surface area contributed by atoms with Crippen molar-refractivity contribution in [3.63, 3.8) is 0 Å². The first-order chi connectivity index (χ1) is 6.66. The van der Waals surface area contributed by atoms with Crippen LogP contribution in [0.15, 0.2) is 0 Å². The van der Waals surface area contributed by atoms with Crippen molar-refractivity contribution in [2.45, 2.75) is 24.8 Å². The third kappa shape index (κ3) is 1.44. The minimum atomic E-state index is -0.281. The van der Waals surface area contributed by atoms with Crippen LogP contribution in [0.25, 0.3) is 0 Å². The molecular weight excluding hydrogens is 198 g/mol. The molecule has 14 heavy (non-hydrogen) atoms. The summed E-state index contributed by atoms with van der Waals surface area (Å²) in [7, 11) is 0. The number of nitriles is 1. The van der Waals surface area contributed by atoms with Crippen LogP contribution < -0.4 is 5.32 Å². The van der Waals surface area contributed by atoms with Crippen LogP contribution >= 0.6 is 12.6 Å². The minimum absolute atomic E-state index is 0.172. The minimum Gasteiger partial charge on any atom is -0.340 e. The van der Waals surface area contributed by atoms with Gasteiger partial charge in [-0.25, -0.2) is 0 Å². The molecule has 1 saturated carbocycles. The first-order valence-corrected chi connectivity index (χ1v) is 5.27. The highest BCUT2D eigenvalue weighted by molar-refractivity contribution is 7.96. The van der Waals surface area contributed by atoms with Gasteiger partial charge in [0.15, 0.2) is 6.19 Å². The first-order valence-electron chi connectivity index (χ1n) is 4.82. The molecule has 1 aliphatic heterocycles. The molecule has 76 valence electrons. The smallest absolute Gasteiger partial charge is 0.276 e. The van der Waals surface area contributed by atoms with E-state index in [0.29, 0.717) is 12.5 Å². The van der Waals surface area contributed by atoms with Crippen molar-refractivity contribution >= 4 is 17.9 Å². The van der Waals surface area contributed by atoms with Crippen molar-refractivity contribution in [1.82, 2.24) is 10.2 Å². The van der Waals surface area contributed by atoms with E-state index in [1.165, 1.54) is 0 Å². The van der Waals surface area contributed by atoms with Gasteiger partial charge < -0.3 is 10.2 Å². The highest BCUT2D eigenvalue weighted by Crippen LogP contribution is 2.41. The van der Waals surface area contributed by atoms with Gasteiger partial charge in [-0.1, -0.05) is 19.0 Å².